The van der Waals surface area contributed by atoms with Gasteiger partial charge in [0.05, 0.1) is 6.54 Å². The van der Waals surface area contributed by atoms with Gasteiger partial charge in [-0.05, 0) is 19.4 Å². The molecule has 1 rings (SSSR count). The minimum Gasteiger partial charge on any atom is -0.396 e. The summed E-state index contributed by atoms with van der Waals surface area (Å²) in [5.74, 6) is 0.401. The summed E-state index contributed by atoms with van der Waals surface area (Å²) in [6, 6.07) is 1.69. The monoisotopic (exact) mass is 238 g/mol. The van der Waals surface area contributed by atoms with Crippen LogP contribution in [0.25, 0.3) is 0 Å². The molecule has 0 saturated heterocycles. The van der Waals surface area contributed by atoms with Crippen molar-refractivity contribution in [2.24, 2.45) is 0 Å². The third kappa shape index (κ3) is 4.78. The van der Waals surface area contributed by atoms with E-state index in [1.165, 1.54) is 0 Å². The molecule has 1 amide bonds. The van der Waals surface area contributed by atoms with Crippen LogP contribution in [0, 0.1) is 0 Å². The molecule has 0 aliphatic carbocycles. The molecule has 0 bridgehead atoms. The van der Waals surface area contributed by atoms with E-state index in [2.05, 4.69) is 15.3 Å². The molecule has 0 aliphatic heterocycles. The second-order valence-electron chi connectivity index (χ2n) is 3.89. The fourth-order valence-corrected chi connectivity index (χ4v) is 1.36. The minimum atomic E-state index is -0.110. The van der Waals surface area contributed by atoms with Gasteiger partial charge in [0.15, 0.2) is 0 Å². The molecule has 1 atom stereocenters. The maximum absolute atomic E-state index is 11.6. The molecule has 6 heteroatoms. The van der Waals surface area contributed by atoms with Gasteiger partial charge in [-0.15, -0.1) is 0 Å². The summed E-state index contributed by atoms with van der Waals surface area (Å²) < 4.78 is 0. The van der Waals surface area contributed by atoms with Crippen molar-refractivity contribution in [1.29, 1.82) is 0 Å². The topological polar surface area (TPSA) is 78.4 Å². The maximum atomic E-state index is 11.6. The predicted molar refractivity (Wildman–Crippen MR) is 64.6 cm³/mol. The maximum Gasteiger partial charge on any atom is 0.239 e. The van der Waals surface area contributed by atoms with Crippen molar-refractivity contribution in [2.45, 2.75) is 19.4 Å². The molecule has 1 unspecified atom stereocenters. The lowest BCUT2D eigenvalue weighted by Gasteiger charge is -2.18. The Morgan fingerprint density at radius 2 is 2.18 bits per heavy atom. The molecule has 1 heterocycles. The number of nitrogens with zero attached hydrogens (tertiary/aromatic N) is 3. The van der Waals surface area contributed by atoms with E-state index in [0.717, 1.165) is 0 Å². The smallest absolute Gasteiger partial charge is 0.239 e. The highest BCUT2D eigenvalue weighted by molar-refractivity contribution is 5.80. The minimum absolute atomic E-state index is 0.0300. The van der Waals surface area contributed by atoms with Crippen LogP contribution in [0.2, 0.25) is 0 Å². The van der Waals surface area contributed by atoms with E-state index in [1.807, 2.05) is 6.92 Å². The van der Waals surface area contributed by atoms with Gasteiger partial charge in [0.1, 0.15) is 0 Å². The highest BCUT2D eigenvalue weighted by Crippen LogP contribution is 2.01. The first-order valence-electron chi connectivity index (χ1n) is 5.52. The van der Waals surface area contributed by atoms with Gasteiger partial charge >= 0.3 is 0 Å². The van der Waals surface area contributed by atoms with Crippen molar-refractivity contribution in [3.05, 3.63) is 18.5 Å². The Labute approximate surface area is 101 Å². The molecule has 0 saturated carbocycles. The van der Waals surface area contributed by atoms with Crippen molar-refractivity contribution in [2.75, 3.05) is 25.1 Å². The number of aliphatic hydroxyl groups is 1. The van der Waals surface area contributed by atoms with E-state index in [9.17, 15) is 4.79 Å². The van der Waals surface area contributed by atoms with Crippen molar-refractivity contribution in [3.63, 3.8) is 0 Å². The zero-order chi connectivity index (χ0) is 12.7. The standard InChI is InChI=1S/C11H18N4O2/c1-9(4-7-16)14-10(17)8-15(2)11-12-5-3-6-13-11/h3,5-6,9,16H,4,7-8H2,1-2H3,(H,14,17). The number of amides is 1. The van der Waals surface area contributed by atoms with E-state index in [-0.39, 0.29) is 25.1 Å². The summed E-state index contributed by atoms with van der Waals surface area (Å²) in [5.41, 5.74) is 0. The fraction of sp³-hybridized carbons (Fsp3) is 0.545. The van der Waals surface area contributed by atoms with Crippen LogP contribution in [-0.4, -0.2) is 47.2 Å². The van der Waals surface area contributed by atoms with Crippen LogP contribution < -0.4 is 10.2 Å². The Hall–Kier alpha value is -1.69. The van der Waals surface area contributed by atoms with Gasteiger partial charge in [0, 0.05) is 32.1 Å². The predicted octanol–water partition coefficient (Wildman–Crippen LogP) is -0.200. The fourth-order valence-electron chi connectivity index (χ4n) is 1.36. The van der Waals surface area contributed by atoms with Crippen LogP contribution in [0.5, 0.6) is 0 Å². The Morgan fingerprint density at radius 3 is 2.76 bits per heavy atom. The first kappa shape index (κ1) is 13.4. The molecule has 0 spiro atoms. The quantitative estimate of drug-likeness (QED) is 0.717. The van der Waals surface area contributed by atoms with Crippen molar-refractivity contribution in [3.8, 4) is 0 Å². The highest BCUT2D eigenvalue weighted by atomic mass is 16.3. The van der Waals surface area contributed by atoms with E-state index in [0.29, 0.717) is 12.4 Å². The number of rotatable bonds is 6. The van der Waals surface area contributed by atoms with Crippen LogP contribution in [0.4, 0.5) is 5.95 Å². The van der Waals surface area contributed by atoms with Gasteiger partial charge in [0.25, 0.3) is 0 Å². The summed E-state index contributed by atoms with van der Waals surface area (Å²) >= 11 is 0. The lowest BCUT2D eigenvalue weighted by Crippen LogP contribution is -2.40. The molecule has 0 fully saturated rings. The van der Waals surface area contributed by atoms with Crippen LogP contribution >= 0.6 is 0 Å². The number of carbonyl (C=O) groups is 1. The number of anilines is 1. The largest absolute Gasteiger partial charge is 0.396 e. The molecule has 1 aromatic rings. The van der Waals surface area contributed by atoms with Crippen molar-refractivity contribution >= 4 is 11.9 Å². The third-order valence-electron chi connectivity index (χ3n) is 2.24. The van der Waals surface area contributed by atoms with Crippen LogP contribution in [0.3, 0.4) is 0 Å². The lowest BCUT2D eigenvalue weighted by molar-refractivity contribution is -0.120. The average molecular weight is 238 g/mol. The zero-order valence-electron chi connectivity index (χ0n) is 10.1. The SMILES string of the molecule is CC(CCO)NC(=O)CN(C)c1ncccn1. The number of hydrogen-bond donors (Lipinski definition) is 2. The number of likely N-dealkylation sites (N-methyl/N-ethyl adjacent to an activating group) is 1. The van der Waals surface area contributed by atoms with Gasteiger partial charge in [-0.1, -0.05) is 0 Å². The molecule has 94 valence electrons. The summed E-state index contributed by atoms with van der Waals surface area (Å²) in [6.07, 6.45) is 3.81. The van der Waals surface area contributed by atoms with Crippen LogP contribution in [0.15, 0.2) is 18.5 Å². The summed E-state index contributed by atoms with van der Waals surface area (Å²) in [4.78, 5) is 21.4. The Kier molecular flexibility index (Phi) is 5.35. The van der Waals surface area contributed by atoms with Crippen molar-refractivity contribution < 1.29 is 9.90 Å². The molecule has 1 aromatic heterocycles. The van der Waals surface area contributed by atoms with Gasteiger partial charge in [0.2, 0.25) is 11.9 Å². The zero-order valence-corrected chi connectivity index (χ0v) is 10.1. The molecule has 0 aliphatic rings. The third-order valence-corrected chi connectivity index (χ3v) is 2.24. The normalized spacial score (nSPS) is 11.9. The van der Waals surface area contributed by atoms with E-state index in [1.54, 1.807) is 30.4 Å². The summed E-state index contributed by atoms with van der Waals surface area (Å²) in [6.45, 7) is 2.12. The van der Waals surface area contributed by atoms with E-state index < -0.39 is 0 Å². The van der Waals surface area contributed by atoms with Crippen LogP contribution in [0.1, 0.15) is 13.3 Å². The number of aliphatic hydroxyl groups excluding tert-OH is 1. The molecule has 17 heavy (non-hydrogen) atoms. The molecular formula is C11H18N4O2. The van der Waals surface area contributed by atoms with Gasteiger partial charge in [-0.25, -0.2) is 9.97 Å². The number of aromatic nitrogens is 2. The number of hydrogen-bond acceptors (Lipinski definition) is 5. The highest BCUT2D eigenvalue weighted by Gasteiger charge is 2.11. The molecular weight excluding hydrogens is 220 g/mol. The summed E-state index contributed by atoms with van der Waals surface area (Å²) in [5, 5.41) is 11.5. The lowest BCUT2D eigenvalue weighted by atomic mass is 10.2. The molecule has 2 N–H and O–H groups in total. The van der Waals surface area contributed by atoms with E-state index in [4.69, 9.17) is 5.11 Å². The van der Waals surface area contributed by atoms with Gasteiger partial charge in [-0.3, -0.25) is 4.79 Å². The molecule has 6 nitrogen and oxygen atoms in total. The first-order chi connectivity index (χ1) is 8.13. The number of nitrogens with one attached hydrogen (secondary N) is 1. The number of carbonyl (C=O) groups excluding carboxylic acids is 1. The van der Waals surface area contributed by atoms with Crippen molar-refractivity contribution in [1.82, 2.24) is 15.3 Å². The first-order valence-corrected chi connectivity index (χ1v) is 5.52. The van der Waals surface area contributed by atoms with E-state index >= 15 is 0 Å². The van der Waals surface area contributed by atoms with Gasteiger partial charge in [-0.2, -0.15) is 0 Å². The Bertz CT molecular complexity index is 345. The van der Waals surface area contributed by atoms with Crippen LogP contribution in [-0.2, 0) is 4.79 Å². The average Bonchev–Trinajstić information content (AvgIpc) is 2.30. The Balaban J connectivity index is 2.41. The Morgan fingerprint density at radius 1 is 1.53 bits per heavy atom. The second-order valence-corrected chi connectivity index (χ2v) is 3.89. The summed E-state index contributed by atoms with van der Waals surface area (Å²) in [7, 11) is 1.76. The molecule has 0 aromatic carbocycles. The second kappa shape index (κ2) is 6.80. The molecule has 0 radical (unpaired) electrons. The van der Waals surface area contributed by atoms with Gasteiger partial charge < -0.3 is 15.3 Å².